The van der Waals surface area contributed by atoms with E-state index in [9.17, 15) is 19.2 Å². The highest BCUT2D eigenvalue weighted by Gasteiger charge is 2.52. The van der Waals surface area contributed by atoms with Crippen LogP contribution in [0.25, 0.3) is 11.1 Å². The molecule has 4 rings (SSSR count). The van der Waals surface area contributed by atoms with E-state index in [1.54, 1.807) is 43.8 Å². The molecule has 36 heavy (non-hydrogen) atoms. The van der Waals surface area contributed by atoms with Crippen LogP contribution < -0.4 is 5.32 Å². The molecule has 2 fully saturated rings. The molecule has 1 saturated carbocycles. The molecule has 1 unspecified atom stereocenters. The Kier molecular flexibility index (Phi) is 7.07. The highest BCUT2D eigenvalue weighted by Crippen LogP contribution is 2.43. The summed E-state index contributed by atoms with van der Waals surface area (Å²) in [6.45, 7) is 9.39. The van der Waals surface area contributed by atoms with Gasteiger partial charge in [-0.1, -0.05) is 12.1 Å². The summed E-state index contributed by atoms with van der Waals surface area (Å²) < 4.78 is 22.3. The molecule has 2 aliphatic rings. The second-order valence-corrected chi connectivity index (χ2v) is 11.1. The summed E-state index contributed by atoms with van der Waals surface area (Å²) in [5, 5.41) is 16.8. The fraction of sp³-hybridized carbons (Fsp3) is 0.556. The third-order valence-corrected chi connectivity index (χ3v) is 6.87. The van der Waals surface area contributed by atoms with Crippen molar-refractivity contribution in [1.29, 1.82) is 5.26 Å². The number of rotatable bonds is 6. The van der Waals surface area contributed by atoms with Crippen LogP contribution in [-0.4, -0.2) is 50.4 Å². The first-order valence-electron chi connectivity index (χ1n) is 12.5. The van der Waals surface area contributed by atoms with Crippen molar-refractivity contribution >= 4 is 12.0 Å². The van der Waals surface area contributed by atoms with Crippen molar-refractivity contribution in [2.45, 2.75) is 90.1 Å². The fourth-order valence-electron chi connectivity index (χ4n) is 5.17. The van der Waals surface area contributed by atoms with E-state index < -0.39 is 35.5 Å². The van der Waals surface area contributed by atoms with Crippen molar-refractivity contribution in [2.24, 2.45) is 5.92 Å². The van der Waals surface area contributed by atoms with Crippen LogP contribution in [0.3, 0.4) is 0 Å². The number of likely N-dealkylation sites (tertiary alicyclic amines) is 1. The molecule has 1 aromatic carbocycles. The van der Waals surface area contributed by atoms with Gasteiger partial charge in [0, 0.05) is 30.3 Å². The Labute approximate surface area is 211 Å². The first kappa shape index (κ1) is 25.7. The topological polar surface area (TPSA) is 100 Å². The van der Waals surface area contributed by atoms with Crippen molar-refractivity contribution in [2.75, 3.05) is 0 Å². The van der Waals surface area contributed by atoms with E-state index >= 15 is 0 Å². The number of benzene rings is 1. The number of nitrogens with one attached hydrogen (secondary N) is 1. The van der Waals surface area contributed by atoms with Crippen molar-refractivity contribution in [3.8, 4) is 17.2 Å². The second-order valence-electron chi connectivity index (χ2n) is 11.1. The Balaban J connectivity index is 1.45. The summed E-state index contributed by atoms with van der Waals surface area (Å²) in [6, 6.07) is 5.48. The van der Waals surface area contributed by atoms with Crippen LogP contribution in [0.15, 0.2) is 30.6 Å². The van der Waals surface area contributed by atoms with Crippen molar-refractivity contribution in [3.63, 3.8) is 0 Å². The zero-order chi connectivity index (χ0) is 26.2. The van der Waals surface area contributed by atoms with Gasteiger partial charge in [-0.15, -0.1) is 0 Å². The maximum atomic E-state index is 15.0. The van der Waals surface area contributed by atoms with Crippen LogP contribution in [0, 0.1) is 23.1 Å². The number of nitrogens with zero attached hydrogens (tertiary/aromatic N) is 4. The van der Waals surface area contributed by atoms with Crippen molar-refractivity contribution in [3.05, 3.63) is 42.0 Å². The van der Waals surface area contributed by atoms with Crippen LogP contribution in [-0.2, 0) is 16.0 Å². The molecule has 2 amide bonds. The first-order chi connectivity index (χ1) is 17.0. The van der Waals surface area contributed by atoms with E-state index in [0.717, 1.165) is 24.8 Å². The number of halogens is 1. The van der Waals surface area contributed by atoms with Crippen LogP contribution >= 0.6 is 0 Å². The summed E-state index contributed by atoms with van der Waals surface area (Å²) >= 11 is 0. The van der Waals surface area contributed by atoms with E-state index in [1.165, 1.54) is 11.0 Å². The Morgan fingerprint density at radius 1 is 1.28 bits per heavy atom. The second kappa shape index (κ2) is 9.92. The lowest BCUT2D eigenvalue weighted by atomic mass is 9.97. The predicted molar refractivity (Wildman–Crippen MR) is 132 cm³/mol. The highest BCUT2D eigenvalue weighted by atomic mass is 19.1. The molecular formula is C27H34FN5O3. The molecule has 2 bridgehead atoms. The van der Waals surface area contributed by atoms with Crippen LogP contribution in [0.5, 0.6) is 0 Å². The highest BCUT2D eigenvalue weighted by molar-refractivity contribution is 5.87. The number of hydrogen-bond acceptors (Lipinski definition) is 5. The third kappa shape index (κ3) is 5.38. The number of carbonyl (C=O) groups is 2. The molecule has 1 N–H and O–H groups in total. The van der Waals surface area contributed by atoms with Crippen LogP contribution in [0.2, 0.25) is 0 Å². The number of hydrogen-bond donors (Lipinski definition) is 1. The summed E-state index contributed by atoms with van der Waals surface area (Å²) in [7, 11) is 0. The number of amides is 2. The standard InChI is InChI=1S/C27H34FN5O3/c1-16(2)32-15-20(14-30-32)17-6-7-18(23(28)12-17)10-21(13-29)31-25(34)24-19-8-9-22(11-19)33(24)26(35)36-27(3,4)5/h6-7,12,14-16,19,21-22,24H,8-11H2,1-5H3,(H,31,34)/t19-,21?,22+,24-/m0/s1. The van der Waals surface area contributed by atoms with Crippen molar-refractivity contribution < 1.29 is 18.7 Å². The van der Waals surface area contributed by atoms with E-state index in [4.69, 9.17) is 4.74 Å². The Hall–Kier alpha value is -3.41. The molecule has 1 aromatic heterocycles. The Morgan fingerprint density at radius 3 is 2.64 bits per heavy atom. The molecule has 2 aromatic rings. The molecule has 1 saturated heterocycles. The average molecular weight is 496 g/mol. The van der Waals surface area contributed by atoms with Crippen LogP contribution in [0.4, 0.5) is 9.18 Å². The predicted octanol–water partition coefficient (Wildman–Crippen LogP) is 4.61. The number of aromatic nitrogens is 2. The molecule has 1 aliphatic carbocycles. The smallest absolute Gasteiger partial charge is 0.411 e. The number of ether oxygens (including phenoxy) is 1. The molecule has 0 radical (unpaired) electrons. The van der Waals surface area contributed by atoms with Gasteiger partial charge < -0.3 is 10.1 Å². The molecule has 8 nitrogen and oxygen atoms in total. The maximum Gasteiger partial charge on any atom is 0.411 e. The van der Waals surface area contributed by atoms with Crippen LogP contribution in [0.1, 0.15) is 65.5 Å². The molecule has 0 spiro atoms. The number of nitriles is 1. The van der Waals surface area contributed by atoms with Gasteiger partial charge in [0.1, 0.15) is 23.5 Å². The van der Waals surface area contributed by atoms with Gasteiger partial charge in [0.2, 0.25) is 5.91 Å². The SMILES string of the molecule is CC(C)n1cc(-c2ccc(CC(C#N)NC(=O)[C@@H]3[C@H]4CC[C@H](C4)N3C(=O)OC(C)(C)C)c(F)c2)cn1. The van der Waals surface area contributed by atoms with Gasteiger partial charge in [0.05, 0.1) is 12.3 Å². The lowest BCUT2D eigenvalue weighted by Gasteiger charge is -2.35. The monoisotopic (exact) mass is 495 g/mol. The lowest BCUT2D eigenvalue weighted by molar-refractivity contribution is -0.128. The van der Waals surface area contributed by atoms with Gasteiger partial charge in [0.25, 0.3) is 0 Å². The molecule has 2 heterocycles. The molecule has 9 heteroatoms. The largest absolute Gasteiger partial charge is 0.444 e. The minimum Gasteiger partial charge on any atom is -0.444 e. The fourth-order valence-corrected chi connectivity index (χ4v) is 5.17. The van der Waals surface area contributed by atoms with Gasteiger partial charge in [-0.25, -0.2) is 9.18 Å². The van der Waals surface area contributed by atoms with Gasteiger partial charge in [-0.05, 0) is 77.0 Å². The Morgan fingerprint density at radius 2 is 2.03 bits per heavy atom. The molecule has 192 valence electrons. The Bertz CT molecular complexity index is 1180. The number of carbonyl (C=O) groups excluding carboxylic acids is 2. The third-order valence-electron chi connectivity index (χ3n) is 6.87. The summed E-state index contributed by atoms with van der Waals surface area (Å²) in [6.07, 6.45) is 5.50. The van der Waals surface area contributed by atoms with Gasteiger partial charge >= 0.3 is 6.09 Å². The van der Waals surface area contributed by atoms with Gasteiger partial charge in [-0.2, -0.15) is 10.4 Å². The van der Waals surface area contributed by atoms with Gasteiger partial charge in [0.15, 0.2) is 0 Å². The lowest BCUT2D eigenvalue weighted by Crippen LogP contribution is -2.55. The molecule has 4 atom stereocenters. The summed E-state index contributed by atoms with van der Waals surface area (Å²) in [4.78, 5) is 27.6. The van der Waals surface area contributed by atoms with E-state index in [2.05, 4.69) is 16.5 Å². The minimum atomic E-state index is -0.929. The van der Waals surface area contributed by atoms with Crippen molar-refractivity contribution in [1.82, 2.24) is 20.0 Å². The van der Waals surface area contributed by atoms with Gasteiger partial charge in [-0.3, -0.25) is 14.4 Å². The quantitative estimate of drug-likeness (QED) is 0.631. The normalized spacial score (nSPS) is 21.9. The van der Waals surface area contributed by atoms with E-state index in [-0.39, 0.29) is 24.4 Å². The summed E-state index contributed by atoms with van der Waals surface area (Å²) in [5.74, 6) is -0.808. The molecular weight excluding hydrogens is 461 g/mol. The number of piperidine rings is 1. The van der Waals surface area contributed by atoms with E-state index in [1.807, 2.05) is 20.0 Å². The molecule has 1 aliphatic heterocycles. The van der Waals surface area contributed by atoms with E-state index in [0.29, 0.717) is 11.1 Å². The maximum absolute atomic E-state index is 15.0. The minimum absolute atomic E-state index is 0.0207. The zero-order valence-electron chi connectivity index (χ0n) is 21.5. The zero-order valence-corrected chi connectivity index (χ0v) is 21.5. The summed E-state index contributed by atoms with van der Waals surface area (Å²) in [5.41, 5.74) is 1.15. The first-order valence-corrected chi connectivity index (χ1v) is 12.5. The number of fused-ring (bicyclic) bond motifs is 2. The average Bonchev–Trinajstić information content (AvgIpc) is 3.54.